The van der Waals surface area contributed by atoms with E-state index in [1.54, 1.807) is 0 Å². The first-order valence-electron chi connectivity index (χ1n) is 25.9. The number of hydrogen-bond donors (Lipinski definition) is 0. The Morgan fingerprint density at radius 3 is 0.881 bits per heavy atom. The maximum atomic E-state index is 12.9. The Hall–Kier alpha value is -1.92. The zero-order valence-corrected chi connectivity index (χ0v) is 39.5. The molecule has 59 heavy (non-hydrogen) atoms. The molecule has 0 amide bonds. The lowest BCUT2D eigenvalue weighted by Gasteiger charge is -2.20. The number of ether oxygens (including phenoxy) is 3. The maximum Gasteiger partial charge on any atom is 0.306 e. The highest BCUT2D eigenvalue weighted by Gasteiger charge is 2.41. The van der Waals surface area contributed by atoms with Gasteiger partial charge >= 0.3 is 17.9 Å². The Morgan fingerprint density at radius 2 is 0.610 bits per heavy atom. The monoisotopic (exact) mass is 833 g/mol. The molecule has 346 valence electrons. The molecule has 7 nitrogen and oxygen atoms in total. The predicted molar refractivity (Wildman–Crippen MR) is 246 cm³/mol. The van der Waals surface area contributed by atoms with Crippen molar-refractivity contribution in [2.45, 2.75) is 303 Å². The standard InChI is InChI=1S/C52H96O7/c1-5-7-9-11-13-15-17-19-21-23-25-27-29-31-33-35-37-39-50(54)58-48-43-46(57-52(56)42-41-47(53)45(3)4)44-49(48)59-51(55)40-38-36-34-32-30-28-26-24-22-20-18-16-14-12-10-8-6-2/h45-46,48-49H,5-44H2,1-4H3/t46-,48-,49+. The van der Waals surface area contributed by atoms with E-state index in [9.17, 15) is 19.2 Å². The van der Waals surface area contributed by atoms with Crippen molar-refractivity contribution < 1.29 is 33.4 Å². The molecule has 7 heteroatoms. The zero-order chi connectivity index (χ0) is 43.0. The van der Waals surface area contributed by atoms with Gasteiger partial charge in [-0.15, -0.1) is 0 Å². The Kier molecular flexibility index (Phi) is 37.5. The molecule has 1 fully saturated rings. The van der Waals surface area contributed by atoms with Gasteiger partial charge in [0.1, 0.15) is 24.1 Å². The Morgan fingerprint density at radius 1 is 0.356 bits per heavy atom. The average Bonchev–Trinajstić information content (AvgIpc) is 3.57. The highest BCUT2D eigenvalue weighted by molar-refractivity contribution is 5.84. The molecule has 3 atom stereocenters. The van der Waals surface area contributed by atoms with Crippen LogP contribution in [0.3, 0.4) is 0 Å². The van der Waals surface area contributed by atoms with Gasteiger partial charge in [0.05, 0.1) is 6.42 Å². The summed E-state index contributed by atoms with van der Waals surface area (Å²) in [6.07, 6.45) is 43.6. The largest absolute Gasteiger partial charge is 0.462 e. The van der Waals surface area contributed by atoms with E-state index in [0.29, 0.717) is 25.7 Å². The molecular formula is C52H96O7. The van der Waals surface area contributed by atoms with E-state index in [4.69, 9.17) is 14.2 Å². The molecule has 0 N–H and O–H groups in total. The third-order valence-electron chi connectivity index (χ3n) is 12.5. The summed E-state index contributed by atoms with van der Waals surface area (Å²) in [5.41, 5.74) is 0. The van der Waals surface area contributed by atoms with Crippen molar-refractivity contribution in [1.29, 1.82) is 0 Å². The highest BCUT2D eigenvalue weighted by atomic mass is 16.6. The van der Waals surface area contributed by atoms with E-state index in [0.717, 1.165) is 38.5 Å². The minimum absolute atomic E-state index is 0.0284. The van der Waals surface area contributed by atoms with E-state index in [2.05, 4.69) is 13.8 Å². The van der Waals surface area contributed by atoms with Gasteiger partial charge in [-0.3, -0.25) is 19.2 Å². The number of unbranched alkanes of at least 4 members (excludes halogenated alkanes) is 32. The Balaban J connectivity index is 2.26. The second-order valence-electron chi connectivity index (χ2n) is 18.6. The highest BCUT2D eigenvalue weighted by Crippen LogP contribution is 2.30. The molecule has 0 heterocycles. The zero-order valence-electron chi connectivity index (χ0n) is 39.5. The van der Waals surface area contributed by atoms with Gasteiger partial charge in [-0.1, -0.05) is 233 Å². The maximum absolute atomic E-state index is 12.9. The van der Waals surface area contributed by atoms with Gasteiger partial charge in [0.15, 0.2) is 0 Å². The fourth-order valence-corrected chi connectivity index (χ4v) is 8.46. The molecule has 0 saturated heterocycles. The molecule has 1 saturated carbocycles. The van der Waals surface area contributed by atoms with Crippen LogP contribution in [0.4, 0.5) is 0 Å². The smallest absolute Gasteiger partial charge is 0.306 e. The lowest BCUT2D eigenvalue weighted by atomic mass is 10.0. The minimum Gasteiger partial charge on any atom is -0.462 e. The van der Waals surface area contributed by atoms with Crippen molar-refractivity contribution in [3.05, 3.63) is 0 Å². The molecule has 0 unspecified atom stereocenters. The summed E-state index contributed by atoms with van der Waals surface area (Å²) in [5, 5.41) is 0. The summed E-state index contributed by atoms with van der Waals surface area (Å²) in [6.45, 7) is 8.20. The van der Waals surface area contributed by atoms with Crippen molar-refractivity contribution in [2.24, 2.45) is 5.92 Å². The van der Waals surface area contributed by atoms with Gasteiger partial charge in [-0.2, -0.15) is 0 Å². The molecule has 0 aromatic heterocycles. The summed E-state index contributed by atoms with van der Waals surface area (Å²) in [5.74, 6) is -1.09. The molecule has 1 rings (SSSR count). The summed E-state index contributed by atoms with van der Waals surface area (Å²) in [7, 11) is 0. The number of carbonyl (C=O) groups excluding carboxylic acids is 4. The van der Waals surface area contributed by atoms with Crippen LogP contribution in [0.25, 0.3) is 0 Å². The van der Waals surface area contributed by atoms with Gasteiger partial charge in [-0.05, 0) is 12.8 Å². The van der Waals surface area contributed by atoms with Crippen LogP contribution in [-0.4, -0.2) is 42.0 Å². The van der Waals surface area contributed by atoms with Crippen LogP contribution < -0.4 is 0 Å². The quantitative estimate of drug-likeness (QED) is 0.0343. The van der Waals surface area contributed by atoms with E-state index < -0.39 is 24.3 Å². The summed E-state index contributed by atoms with van der Waals surface area (Å²) in [6, 6.07) is 0. The van der Waals surface area contributed by atoms with E-state index in [-0.39, 0.29) is 36.5 Å². The number of esters is 3. The number of ketones is 1. The molecule has 0 spiro atoms. The summed E-state index contributed by atoms with van der Waals surface area (Å²) >= 11 is 0. The van der Waals surface area contributed by atoms with Crippen molar-refractivity contribution in [3.63, 3.8) is 0 Å². The van der Waals surface area contributed by atoms with Crippen LogP contribution >= 0.6 is 0 Å². The number of hydrogen-bond acceptors (Lipinski definition) is 7. The van der Waals surface area contributed by atoms with Gasteiger partial charge in [0.25, 0.3) is 0 Å². The second-order valence-corrected chi connectivity index (χ2v) is 18.6. The van der Waals surface area contributed by atoms with E-state index in [1.807, 2.05) is 13.8 Å². The second kappa shape index (κ2) is 40.2. The average molecular weight is 833 g/mol. The first kappa shape index (κ1) is 55.1. The molecule has 1 aliphatic carbocycles. The Bertz CT molecular complexity index is 949. The summed E-state index contributed by atoms with van der Waals surface area (Å²) < 4.78 is 17.4. The van der Waals surface area contributed by atoms with E-state index in [1.165, 1.54) is 180 Å². The first-order valence-corrected chi connectivity index (χ1v) is 25.9. The molecule has 0 radical (unpaired) electrons. The lowest BCUT2D eigenvalue weighted by molar-refractivity contribution is -0.165. The van der Waals surface area contributed by atoms with Crippen LogP contribution in [0.1, 0.15) is 285 Å². The van der Waals surface area contributed by atoms with Crippen LogP contribution in [-0.2, 0) is 33.4 Å². The van der Waals surface area contributed by atoms with Crippen LogP contribution in [0.5, 0.6) is 0 Å². The van der Waals surface area contributed by atoms with Gasteiger partial charge < -0.3 is 14.2 Å². The topological polar surface area (TPSA) is 96.0 Å². The normalized spacial score (nSPS) is 16.5. The lowest BCUT2D eigenvalue weighted by Crippen LogP contribution is -2.30. The van der Waals surface area contributed by atoms with Crippen molar-refractivity contribution in [2.75, 3.05) is 0 Å². The molecule has 0 bridgehead atoms. The fourth-order valence-electron chi connectivity index (χ4n) is 8.46. The summed E-state index contributed by atoms with van der Waals surface area (Å²) in [4.78, 5) is 50.4. The number of carbonyl (C=O) groups is 4. The van der Waals surface area contributed by atoms with Gasteiger partial charge in [-0.25, -0.2) is 0 Å². The molecule has 1 aliphatic rings. The van der Waals surface area contributed by atoms with Crippen molar-refractivity contribution in [1.82, 2.24) is 0 Å². The third-order valence-corrected chi connectivity index (χ3v) is 12.5. The first-order chi connectivity index (χ1) is 28.8. The number of Topliss-reactive ketones (excluding diaryl/α,β-unsaturated/α-hetero) is 1. The molecule has 0 aliphatic heterocycles. The molecule has 0 aromatic carbocycles. The Labute approximate surface area is 364 Å². The number of rotatable bonds is 43. The van der Waals surface area contributed by atoms with Crippen molar-refractivity contribution in [3.8, 4) is 0 Å². The molecular weight excluding hydrogens is 737 g/mol. The van der Waals surface area contributed by atoms with Crippen LogP contribution in [0.15, 0.2) is 0 Å². The fraction of sp³-hybridized carbons (Fsp3) is 0.923. The van der Waals surface area contributed by atoms with Gasteiger partial charge in [0.2, 0.25) is 0 Å². The van der Waals surface area contributed by atoms with E-state index >= 15 is 0 Å². The van der Waals surface area contributed by atoms with Crippen LogP contribution in [0, 0.1) is 5.92 Å². The van der Waals surface area contributed by atoms with Crippen LogP contribution in [0.2, 0.25) is 0 Å². The van der Waals surface area contributed by atoms with Gasteiger partial charge in [0, 0.05) is 38.0 Å². The third kappa shape index (κ3) is 34.4. The molecule has 0 aromatic rings. The van der Waals surface area contributed by atoms with Crippen molar-refractivity contribution >= 4 is 23.7 Å². The predicted octanol–water partition coefficient (Wildman–Crippen LogP) is 15.6. The SMILES string of the molecule is CCCCCCCCCCCCCCCCCCCC(=O)O[C@H]1C[C@H](OC(=O)CCC(=O)C(C)C)C[C@H]1OC(=O)CCCCCCCCCCCCCCCCCCC. The minimum atomic E-state index is -0.622.